The van der Waals surface area contributed by atoms with E-state index in [4.69, 9.17) is 0 Å². The Kier molecular flexibility index (Phi) is 3.05. The van der Waals surface area contributed by atoms with Crippen LogP contribution in [-0.2, 0) is 4.79 Å². The van der Waals surface area contributed by atoms with Crippen molar-refractivity contribution in [3.63, 3.8) is 0 Å². The summed E-state index contributed by atoms with van der Waals surface area (Å²) < 4.78 is 0. The number of carbonyl (C=O) groups excluding carboxylic acids is 1. The van der Waals surface area contributed by atoms with Gasteiger partial charge in [0.15, 0.2) is 5.78 Å². The number of rotatable bonds is 0. The van der Waals surface area contributed by atoms with E-state index in [-0.39, 0.29) is 0 Å². The van der Waals surface area contributed by atoms with Gasteiger partial charge in [-0.15, -0.1) is 0 Å². The smallest absolute Gasteiger partial charge is 0.163 e. The standard InChI is InChI=1S/C15H22O/c1-9(2)14-13(16)8-6-10(3)12-7-5-11(4)15(12)14/h10,12H,5-8H2,1-4H3/t10-,12-/m1/s1. The van der Waals surface area contributed by atoms with Crippen molar-refractivity contribution in [2.45, 2.75) is 53.4 Å². The minimum Gasteiger partial charge on any atom is -0.294 e. The van der Waals surface area contributed by atoms with Crippen LogP contribution in [0.5, 0.6) is 0 Å². The van der Waals surface area contributed by atoms with Crippen molar-refractivity contribution >= 4 is 5.78 Å². The molecule has 0 N–H and O–H groups in total. The monoisotopic (exact) mass is 218 g/mol. The van der Waals surface area contributed by atoms with Gasteiger partial charge in [0.25, 0.3) is 0 Å². The van der Waals surface area contributed by atoms with E-state index < -0.39 is 0 Å². The molecule has 0 aromatic carbocycles. The second-order valence-corrected chi connectivity index (χ2v) is 5.65. The lowest BCUT2D eigenvalue weighted by Gasteiger charge is -2.20. The van der Waals surface area contributed by atoms with Crippen LogP contribution in [0.1, 0.15) is 53.4 Å². The molecular weight excluding hydrogens is 196 g/mol. The van der Waals surface area contributed by atoms with E-state index in [1.807, 2.05) is 0 Å². The average molecular weight is 218 g/mol. The quantitative estimate of drug-likeness (QED) is 0.561. The first-order valence-electron chi connectivity index (χ1n) is 6.43. The Morgan fingerprint density at radius 2 is 1.88 bits per heavy atom. The summed E-state index contributed by atoms with van der Waals surface area (Å²) in [5, 5.41) is 0. The fraction of sp³-hybridized carbons (Fsp3) is 0.667. The maximum Gasteiger partial charge on any atom is 0.163 e. The second kappa shape index (κ2) is 4.20. The van der Waals surface area contributed by atoms with Crippen molar-refractivity contribution in [3.8, 4) is 0 Å². The Bertz CT molecular complexity index is 380. The predicted molar refractivity (Wildman–Crippen MR) is 67.2 cm³/mol. The highest BCUT2D eigenvalue weighted by Gasteiger charge is 2.35. The van der Waals surface area contributed by atoms with Crippen molar-refractivity contribution in [2.24, 2.45) is 11.8 Å². The normalized spacial score (nSPS) is 30.5. The zero-order valence-electron chi connectivity index (χ0n) is 10.9. The molecule has 0 amide bonds. The molecule has 88 valence electrons. The molecule has 1 nitrogen and oxygen atoms in total. The molecule has 0 spiro atoms. The molecule has 0 radical (unpaired) electrons. The summed E-state index contributed by atoms with van der Waals surface area (Å²) in [6.45, 7) is 8.69. The lowest BCUT2D eigenvalue weighted by molar-refractivity contribution is -0.115. The average Bonchev–Trinajstić information content (AvgIpc) is 2.51. The van der Waals surface area contributed by atoms with Gasteiger partial charge in [0.05, 0.1) is 0 Å². The van der Waals surface area contributed by atoms with Crippen LogP contribution in [-0.4, -0.2) is 5.78 Å². The summed E-state index contributed by atoms with van der Waals surface area (Å²) in [4.78, 5) is 12.2. The van der Waals surface area contributed by atoms with Crippen LogP contribution in [0.3, 0.4) is 0 Å². The van der Waals surface area contributed by atoms with Crippen molar-refractivity contribution in [1.82, 2.24) is 0 Å². The molecule has 0 heterocycles. The van der Waals surface area contributed by atoms with E-state index in [9.17, 15) is 4.79 Å². The number of fused-ring (bicyclic) bond motifs is 1. The number of hydrogen-bond acceptors (Lipinski definition) is 1. The van der Waals surface area contributed by atoms with Gasteiger partial charge in [0, 0.05) is 12.0 Å². The first-order valence-corrected chi connectivity index (χ1v) is 6.43. The number of carbonyl (C=O) groups is 1. The van der Waals surface area contributed by atoms with Gasteiger partial charge < -0.3 is 0 Å². The van der Waals surface area contributed by atoms with Crippen LogP contribution >= 0.6 is 0 Å². The van der Waals surface area contributed by atoms with Gasteiger partial charge in [-0.3, -0.25) is 4.79 Å². The zero-order chi connectivity index (χ0) is 11.9. The number of hydrogen-bond donors (Lipinski definition) is 0. The molecular formula is C15H22O. The van der Waals surface area contributed by atoms with E-state index in [1.54, 1.807) is 0 Å². The van der Waals surface area contributed by atoms with Gasteiger partial charge >= 0.3 is 0 Å². The Morgan fingerprint density at radius 3 is 2.50 bits per heavy atom. The molecule has 2 aliphatic rings. The molecule has 1 heteroatoms. The fourth-order valence-electron chi connectivity index (χ4n) is 3.32. The summed E-state index contributed by atoms with van der Waals surface area (Å²) in [6, 6.07) is 0. The predicted octanol–water partition coefficient (Wildman–Crippen LogP) is 4.05. The van der Waals surface area contributed by atoms with Crippen molar-refractivity contribution in [2.75, 3.05) is 0 Å². The van der Waals surface area contributed by atoms with Gasteiger partial charge in [0.2, 0.25) is 0 Å². The topological polar surface area (TPSA) is 17.1 Å². The summed E-state index contributed by atoms with van der Waals surface area (Å²) in [6.07, 6.45) is 4.26. The maximum atomic E-state index is 12.2. The number of Topliss-reactive ketones (excluding diaryl/α,β-unsaturated/α-hetero) is 1. The van der Waals surface area contributed by atoms with E-state index in [0.717, 1.165) is 18.4 Å². The Labute approximate surface area is 98.6 Å². The molecule has 1 fully saturated rings. The van der Waals surface area contributed by atoms with Gasteiger partial charge in [-0.25, -0.2) is 0 Å². The Hall–Kier alpha value is -0.850. The lowest BCUT2D eigenvalue weighted by Crippen LogP contribution is -2.11. The van der Waals surface area contributed by atoms with Crippen LogP contribution in [0.25, 0.3) is 0 Å². The highest BCUT2D eigenvalue weighted by Crippen LogP contribution is 2.45. The first-order chi connectivity index (χ1) is 7.52. The molecule has 2 aliphatic carbocycles. The largest absolute Gasteiger partial charge is 0.294 e. The van der Waals surface area contributed by atoms with Gasteiger partial charge in [0.1, 0.15) is 0 Å². The minimum absolute atomic E-state index is 0.380. The third-order valence-electron chi connectivity index (χ3n) is 4.22. The van der Waals surface area contributed by atoms with Crippen molar-refractivity contribution in [1.29, 1.82) is 0 Å². The SMILES string of the molecule is CC(C)=C1C(=O)CC[C@@H](C)[C@H]2CCC(C)=C12. The van der Waals surface area contributed by atoms with Crippen LogP contribution < -0.4 is 0 Å². The lowest BCUT2D eigenvalue weighted by atomic mass is 9.84. The minimum atomic E-state index is 0.380. The third kappa shape index (κ3) is 1.77. The van der Waals surface area contributed by atoms with Crippen LogP contribution in [0.4, 0.5) is 0 Å². The van der Waals surface area contributed by atoms with Crippen molar-refractivity contribution < 1.29 is 4.79 Å². The molecule has 0 aliphatic heterocycles. The zero-order valence-corrected chi connectivity index (χ0v) is 10.9. The molecule has 0 unspecified atom stereocenters. The molecule has 0 aromatic rings. The molecule has 2 atom stereocenters. The molecule has 1 saturated carbocycles. The van der Waals surface area contributed by atoms with E-state index in [1.165, 1.54) is 29.6 Å². The molecule has 0 bridgehead atoms. The van der Waals surface area contributed by atoms with Gasteiger partial charge in [-0.1, -0.05) is 18.1 Å². The molecule has 16 heavy (non-hydrogen) atoms. The Balaban J connectivity index is 2.55. The van der Waals surface area contributed by atoms with Gasteiger partial charge in [-0.2, -0.15) is 0 Å². The van der Waals surface area contributed by atoms with Crippen LogP contribution in [0.15, 0.2) is 22.3 Å². The Morgan fingerprint density at radius 1 is 1.19 bits per heavy atom. The van der Waals surface area contributed by atoms with Crippen LogP contribution in [0.2, 0.25) is 0 Å². The van der Waals surface area contributed by atoms with Crippen molar-refractivity contribution in [3.05, 3.63) is 22.3 Å². The summed E-state index contributed by atoms with van der Waals surface area (Å²) >= 11 is 0. The maximum absolute atomic E-state index is 12.2. The fourth-order valence-corrected chi connectivity index (χ4v) is 3.32. The van der Waals surface area contributed by atoms with E-state index in [0.29, 0.717) is 17.6 Å². The number of ketones is 1. The summed E-state index contributed by atoms with van der Waals surface area (Å²) in [7, 11) is 0. The highest BCUT2D eigenvalue weighted by molar-refractivity contribution is 6.01. The summed E-state index contributed by atoms with van der Waals surface area (Å²) in [5.74, 6) is 1.70. The van der Waals surface area contributed by atoms with E-state index >= 15 is 0 Å². The van der Waals surface area contributed by atoms with E-state index in [2.05, 4.69) is 27.7 Å². The molecule has 2 rings (SSSR count). The first kappa shape index (κ1) is 11.6. The number of allylic oxidation sites excluding steroid dienone is 4. The summed E-state index contributed by atoms with van der Waals surface area (Å²) in [5.41, 5.74) is 5.16. The third-order valence-corrected chi connectivity index (χ3v) is 4.22. The second-order valence-electron chi connectivity index (χ2n) is 5.65. The molecule has 0 aromatic heterocycles. The van der Waals surface area contributed by atoms with Gasteiger partial charge in [-0.05, 0) is 57.4 Å². The van der Waals surface area contributed by atoms with Crippen LogP contribution in [0, 0.1) is 11.8 Å². The molecule has 0 saturated heterocycles. The highest BCUT2D eigenvalue weighted by atomic mass is 16.1.